The molecule has 5 nitrogen and oxygen atoms in total. The molecule has 17 heavy (non-hydrogen) atoms. The molecule has 1 rings (SSSR count). The van der Waals surface area contributed by atoms with Crippen LogP contribution in [0.1, 0.15) is 12.5 Å². The Hall–Kier alpha value is -1.88. The van der Waals surface area contributed by atoms with Gasteiger partial charge in [0.05, 0.1) is 0 Å². The van der Waals surface area contributed by atoms with Crippen LogP contribution in [-0.2, 0) is 14.3 Å². The lowest BCUT2D eigenvalue weighted by Gasteiger charge is -2.10. The number of hydrogen-bond donors (Lipinski definition) is 2. The molecule has 92 valence electrons. The van der Waals surface area contributed by atoms with E-state index in [0.717, 1.165) is 5.56 Å². The van der Waals surface area contributed by atoms with Crippen molar-refractivity contribution in [1.29, 1.82) is 0 Å². The summed E-state index contributed by atoms with van der Waals surface area (Å²) < 4.78 is 4.71. The highest BCUT2D eigenvalue weighted by Crippen LogP contribution is 2.20. The summed E-state index contributed by atoms with van der Waals surface area (Å²) in [4.78, 5) is 22.3. The molecular formula is C12H16N2O3. The van der Waals surface area contributed by atoms with E-state index in [0.29, 0.717) is 11.4 Å². The van der Waals surface area contributed by atoms with Crippen LogP contribution in [0.25, 0.3) is 0 Å². The van der Waals surface area contributed by atoms with E-state index in [1.807, 2.05) is 13.0 Å². The highest BCUT2D eigenvalue weighted by Gasteiger charge is 2.05. The fourth-order valence-electron chi connectivity index (χ4n) is 1.35. The summed E-state index contributed by atoms with van der Waals surface area (Å²) >= 11 is 0. The molecule has 5 heteroatoms. The predicted octanol–water partition coefficient (Wildman–Crippen LogP) is 1.54. The van der Waals surface area contributed by atoms with Gasteiger partial charge in [0, 0.05) is 25.4 Å². The molecule has 0 saturated heterocycles. The summed E-state index contributed by atoms with van der Waals surface area (Å²) in [5.74, 6) is -0.376. The van der Waals surface area contributed by atoms with Crippen LogP contribution in [0.5, 0.6) is 0 Å². The fraction of sp³-hybridized carbons (Fsp3) is 0.333. The van der Waals surface area contributed by atoms with Gasteiger partial charge >= 0.3 is 0 Å². The maximum atomic E-state index is 11.3. The Morgan fingerprint density at radius 1 is 1.29 bits per heavy atom. The molecule has 0 aliphatic carbocycles. The highest BCUT2D eigenvalue weighted by atomic mass is 16.5. The number of carbonyl (C=O) groups excluding carboxylic acids is 2. The third kappa shape index (κ3) is 4.24. The Morgan fingerprint density at radius 3 is 2.59 bits per heavy atom. The lowest BCUT2D eigenvalue weighted by Crippen LogP contribution is -2.17. The zero-order chi connectivity index (χ0) is 12.8. The van der Waals surface area contributed by atoms with Gasteiger partial charge in [-0.2, -0.15) is 0 Å². The van der Waals surface area contributed by atoms with Gasteiger partial charge in [0.1, 0.15) is 6.61 Å². The van der Waals surface area contributed by atoms with Gasteiger partial charge in [0.15, 0.2) is 0 Å². The number of aryl methyl sites for hydroxylation is 1. The third-order valence-corrected chi connectivity index (χ3v) is 2.11. The lowest BCUT2D eigenvalue weighted by molar-refractivity contribution is -0.119. The van der Waals surface area contributed by atoms with Gasteiger partial charge in [0.2, 0.25) is 11.8 Å². The summed E-state index contributed by atoms with van der Waals surface area (Å²) in [6, 6.07) is 5.31. The molecule has 1 aromatic rings. The number of amides is 2. The first-order chi connectivity index (χ1) is 8.02. The minimum absolute atomic E-state index is 0.00332. The van der Waals surface area contributed by atoms with Crippen molar-refractivity contribution in [2.24, 2.45) is 0 Å². The lowest BCUT2D eigenvalue weighted by atomic mass is 10.1. The summed E-state index contributed by atoms with van der Waals surface area (Å²) in [5.41, 5.74) is 2.25. The minimum atomic E-state index is -0.231. The first-order valence-electron chi connectivity index (χ1n) is 5.20. The van der Waals surface area contributed by atoms with Crippen LogP contribution < -0.4 is 10.6 Å². The zero-order valence-corrected chi connectivity index (χ0v) is 10.2. The number of methoxy groups -OCH3 is 1. The van der Waals surface area contributed by atoms with Crippen molar-refractivity contribution in [2.45, 2.75) is 13.8 Å². The molecule has 0 unspecified atom stereocenters. The third-order valence-electron chi connectivity index (χ3n) is 2.11. The van der Waals surface area contributed by atoms with Crippen molar-refractivity contribution in [2.75, 3.05) is 24.4 Å². The van der Waals surface area contributed by atoms with E-state index < -0.39 is 0 Å². The number of carbonyl (C=O) groups is 2. The predicted molar refractivity (Wildman–Crippen MR) is 66.0 cm³/mol. The standard InChI is InChI=1S/C12H16N2O3/c1-8-4-5-10(14-12(16)7-17-3)6-11(8)13-9(2)15/h4-6H,7H2,1-3H3,(H,13,15)(H,14,16). The van der Waals surface area contributed by atoms with Crippen molar-refractivity contribution in [1.82, 2.24) is 0 Å². The number of hydrogen-bond acceptors (Lipinski definition) is 3. The quantitative estimate of drug-likeness (QED) is 0.833. The Morgan fingerprint density at radius 2 is 2.00 bits per heavy atom. The van der Waals surface area contributed by atoms with Crippen LogP contribution in [0.3, 0.4) is 0 Å². The van der Waals surface area contributed by atoms with Crippen LogP contribution in [0.4, 0.5) is 11.4 Å². The van der Waals surface area contributed by atoms with Crippen molar-refractivity contribution < 1.29 is 14.3 Å². The molecule has 0 radical (unpaired) electrons. The molecule has 0 aliphatic rings. The number of benzene rings is 1. The van der Waals surface area contributed by atoms with Gasteiger partial charge in [-0.25, -0.2) is 0 Å². The van der Waals surface area contributed by atoms with Crippen molar-refractivity contribution in [3.05, 3.63) is 23.8 Å². The minimum Gasteiger partial charge on any atom is -0.375 e. The summed E-state index contributed by atoms with van der Waals surface area (Å²) in [5, 5.41) is 5.37. The maximum absolute atomic E-state index is 11.3. The second kappa shape index (κ2) is 6.00. The van der Waals surface area contributed by atoms with E-state index >= 15 is 0 Å². The average molecular weight is 236 g/mol. The molecule has 2 N–H and O–H groups in total. The molecular weight excluding hydrogens is 220 g/mol. The SMILES string of the molecule is COCC(=O)Nc1ccc(C)c(NC(C)=O)c1. The van der Waals surface area contributed by atoms with Gasteiger partial charge < -0.3 is 15.4 Å². The largest absolute Gasteiger partial charge is 0.375 e. The molecule has 0 aliphatic heterocycles. The van der Waals surface area contributed by atoms with Gasteiger partial charge in [-0.15, -0.1) is 0 Å². The van der Waals surface area contributed by atoms with E-state index in [-0.39, 0.29) is 18.4 Å². The van der Waals surface area contributed by atoms with E-state index in [4.69, 9.17) is 4.74 Å². The second-order valence-electron chi connectivity index (χ2n) is 3.69. The van der Waals surface area contributed by atoms with E-state index in [2.05, 4.69) is 10.6 Å². The Balaban J connectivity index is 2.81. The Bertz CT molecular complexity index is 430. The number of nitrogens with one attached hydrogen (secondary N) is 2. The van der Waals surface area contributed by atoms with Crippen molar-refractivity contribution in [3.8, 4) is 0 Å². The van der Waals surface area contributed by atoms with E-state index in [9.17, 15) is 9.59 Å². The van der Waals surface area contributed by atoms with Crippen LogP contribution in [0.2, 0.25) is 0 Å². The molecule has 0 spiro atoms. The number of ether oxygens (including phenoxy) is 1. The van der Waals surface area contributed by atoms with Crippen LogP contribution in [0, 0.1) is 6.92 Å². The van der Waals surface area contributed by atoms with Gasteiger partial charge in [-0.3, -0.25) is 9.59 Å². The van der Waals surface area contributed by atoms with Gasteiger partial charge in [-0.1, -0.05) is 6.07 Å². The normalized spacial score (nSPS) is 9.82. The Labute approximate surface area is 100 Å². The molecule has 0 aromatic heterocycles. The molecule has 0 fully saturated rings. The molecule has 0 heterocycles. The monoisotopic (exact) mass is 236 g/mol. The van der Waals surface area contributed by atoms with Gasteiger partial charge in [-0.05, 0) is 24.6 Å². The average Bonchev–Trinajstić information content (AvgIpc) is 2.22. The molecule has 1 aromatic carbocycles. The first-order valence-corrected chi connectivity index (χ1v) is 5.20. The molecule has 0 bridgehead atoms. The van der Waals surface area contributed by atoms with Crippen molar-refractivity contribution in [3.63, 3.8) is 0 Å². The summed E-state index contributed by atoms with van der Waals surface area (Å²) in [7, 11) is 1.46. The van der Waals surface area contributed by atoms with Crippen LogP contribution in [-0.4, -0.2) is 25.5 Å². The Kier molecular flexibility index (Phi) is 4.66. The number of anilines is 2. The second-order valence-corrected chi connectivity index (χ2v) is 3.69. The van der Waals surface area contributed by atoms with Crippen molar-refractivity contribution >= 4 is 23.2 Å². The zero-order valence-electron chi connectivity index (χ0n) is 10.2. The summed E-state index contributed by atoms with van der Waals surface area (Å²) in [6.07, 6.45) is 0. The van der Waals surface area contributed by atoms with Crippen LogP contribution in [0.15, 0.2) is 18.2 Å². The van der Waals surface area contributed by atoms with E-state index in [1.165, 1.54) is 14.0 Å². The van der Waals surface area contributed by atoms with Gasteiger partial charge in [0.25, 0.3) is 0 Å². The van der Waals surface area contributed by atoms with E-state index in [1.54, 1.807) is 12.1 Å². The fourth-order valence-corrected chi connectivity index (χ4v) is 1.35. The molecule has 2 amide bonds. The smallest absolute Gasteiger partial charge is 0.250 e. The maximum Gasteiger partial charge on any atom is 0.250 e. The first kappa shape index (κ1) is 13.2. The number of rotatable bonds is 4. The topological polar surface area (TPSA) is 67.4 Å². The van der Waals surface area contributed by atoms with Crippen LogP contribution >= 0.6 is 0 Å². The molecule has 0 saturated carbocycles. The summed E-state index contributed by atoms with van der Waals surface area (Å²) in [6.45, 7) is 3.32. The highest BCUT2D eigenvalue weighted by molar-refractivity contribution is 5.94. The molecule has 0 atom stereocenters.